The summed E-state index contributed by atoms with van der Waals surface area (Å²) in [5.41, 5.74) is 6.55. The average Bonchev–Trinajstić information content (AvgIpc) is 3.32. The van der Waals surface area contributed by atoms with E-state index in [4.69, 9.17) is 5.73 Å². The van der Waals surface area contributed by atoms with Crippen LogP contribution in [0.2, 0.25) is 0 Å². The summed E-state index contributed by atoms with van der Waals surface area (Å²) in [6.07, 6.45) is 14.3. The van der Waals surface area contributed by atoms with E-state index in [2.05, 4.69) is 5.32 Å². The fraction of sp³-hybridized carbons (Fsp3) is 1.00. The molecule has 3 aliphatic rings. The minimum Gasteiger partial charge on any atom is -0.330 e. The van der Waals surface area contributed by atoms with E-state index in [0.29, 0.717) is 5.41 Å². The second-order valence-corrected chi connectivity index (χ2v) is 7.56. The first-order valence-corrected chi connectivity index (χ1v) is 8.74. The molecule has 19 heavy (non-hydrogen) atoms. The van der Waals surface area contributed by atoms with E-state index >= 15 is 0 Å². The van der Waals surface area contributed by atoms with Crippen LogP contribution in [0.5, 0.6) is 0 Å². The molecule has 0 amide bonds. The van der Waals surface area contributed by atoms with Crippen LogP contribution in [0.15, 0.2) is 0 Å². The number of nitrogens with two attached hydrogens (primary N) is 1. The van der Waals surface area contributed by atoms with Gasteiger partial charge in [-0.3, -0.25) is 0 Å². The van der Waals surface area contributed by atoms with Crippen molar-refractivity contribution in [2.45, 2.75) is 64.2 Å². The molecule has 2 heteroatoms. The van der Waals surface area contributed by atoms with Crippen LogP contribution in [-0.2, 0) is 0 Å². The highest BCUT2D eigenvalue weighted by atomic mass is 14.9. The summed E-state index contributed by atoms with van der Waals surface area (Å²) in [5.74, 6) is 3.18. The van der Waals surface area contributed by atoms with Crippen LogP contribution in [0.3, 0.4) is 0 Å². The first-order valence-electron chi connectivity index (χ1n) is 8.74. The quantitative estimate of drug-likeness (QED) is 0.660. The number of hydrogen-bond acceptors (Lipinski definition) is 2. The second-order valence-electron chi connectivity index (χ2n) is 7.56. The minimum absolute atomic E-state index is 0.486. The molecule has 3 aliphatic carbocycles. The Balaban J connectivity index is 1.37. The highest BCUT2D eigenvalue weighted by Crippen LogP contribution is 2.48. The van der Waals surface area contributed by atoms with Gasteiger partial charge in [0.15, 0.2) is 0 Å². The first-order chi connectivity index (χ1) is 9.33. The summed E-state index contributed by atoms with van der Waals surface area (Å²) >= 11 is 0. The van der Waals surface area contributed by atoms with Gasteiger partial charge in [-0.05, 0) is 87.7 Å². The lowest BCUT2D eigenvalue weighted by Crippen LogP contribution is -2.37. The molecule has 0 aromatic carbocycles. The van der Waals surface area contributed by atoms with E-state index < -0.39 is 0 Å². The van der Waals surface area contributed by atoms with Crippen LogP contribution < -0.4 is 11.1 Å². The molecular weight excluding hydrogens is 232 g/mol. The van der Waals surface area contributed by atoms with Gasteiger partial charge >= 0.3 is 0 Å². The molecule has 110 valence electrons. The predicted molar refractivity (Wildman–Crippen MR) is 81.0 cm³/mol. The zero-order valence-electron chi connectivity index (χ0n) is 12.5. The highest BCUT2D eigenvalue weighted by Gasteiger charge is 2.41. The van der Waals surface area contributed by atoms with Crippen molar-refractivity contribution in [1.82, 2.24) is 5.32 Å². The van der Waals surface area contributed by atoms with Gasteiger partial charge in [-0.2, -0.15) is 0 Å². The zero-order valence-corrected chi connectivity index (χ0v) is 12.5. The summed E-state index contributed by atoms with van der Waals surface area (Å²) < 4.78 is 0. The molecular formula is C17H32N2. The van der Waals surface area contributed by atoms with Crippen molar-refractivity contribution < 1.29 is 0 Å². The standard InChI is InChI=1S/C17H32N2/c18-13-17(8-2-1-3-9-17)10-11-19-12-16(14-4-5-14)15-6-7-15/h14-16,19H,1-13,18H2. The Hall–Kier alpha value is -0.0800. The molecule has 0 saturated heterocycles. The van der Waals surface area contributed by atoms with Gasteiger partial charge in [-0.15, -0.1) is 0 Å². The summed E-state index contributed by atoms with van der Waals surface area (Å²) in [6.45, 7) is 3.40. The lowest BCUT2D eigenvalue weighted by Gasteiger charge is -2.36. The number of hydrogen-bond donors (Lipinski definition) is 2. The van der Waals surface area contributed by atoms with Crippen molar-refractivity contribution >= 4 is 0 Å². The highest BCUT2D eigenvalue weighted by molar-refractivity contribution is 4.92. The fourth-order valence-corrected chi connectivity index (χ4v) is 4.25. The molecule has 0 aromatic rings. The predicted octanol–water partition coefficient (Wildman–Crippen LogP) is 3.31. The average molecular weight is 264 g/mol. The SMILES string of the molecule is NCC1(CCNCC(C2CC2)C2CC2)CCCCC1. The molecule has 3 fully saturated rings. The summed E-state index contributed by atoms with van der Waals surface area (Å²) in [6, 6.07) is 0. The van der Waals surface area contributed by atoms with Crippen molar-refractivity contribution in [2.24, 2.45) is 28.9 Å². The smallest absolute Gasteiger partial charge is 0.00152 e. The minimum atomic E-state index is 0.486. The third-order valence-corrected chi connectivity index (χ3v) is 6.01. The molecule has 0 heterocycles. The second kappa shape index (κ2) is 6.13. The van der Waals surface area contributed by atoms with Crippen LogP contribution in [0, 0.1) is 23.2 Å². The Bertz CT molecular complexity index is 263. The molecule has 3 rings (SSSR count). The van der Waals surface area contributed by atoms with Crippen molar-refractivity contribution in [1.29, 1.82) is 0 Å². The molecule has 0 aliphatic heterocycles. The van der Waals surface area contributed by atoms with Gasteiger partial charge in [-0.1, -0.05) is 19.3 Å². The van der Waals surface area contributed by atoms with Gasteiger partial charge in [0.25, 0.3) is 0 Å². The van der Waals surface area contributed by atoms with E-state index in [-0.39, 0.29) is 0 Å². The van der Waals surface area contributed by atoms with Crippen molar-refractivity contribution in [2.75, 3.05) is 19.6 Å². The van der Waals surface area contributed by atoms with Crippen molar-refractivity contribution in [3.63, 3.8) is 0 Å². The lowest BCUT2D eigenvalue weighted by molar-refractivity contribution is 0.179. The van der Waals surface area contributed by atoms with Gasteiger partial charge in [0, 0.05) is 0 Å². The first kappa shape index (κ1) is 13.9. The van der Waals surface area contributed by atoms with Gasteiger partial charge in [0.2, 0.25) is 0 Å². The molecule has 2 nitrogen and oxygen atoms in total. The van der Waals surface area contributed by atoms with E-state index in [1.54, 1.807) is 0 Å². The van der Waals surface area contributed by atoms with Crippen LogP contribution in [0.4, 0.5) is 0 Å². The van der Waals surface area contributed by atoms with Gasteiger partial charge in [-0.25, -0.2) is 0 Å². The monoisotopic (exact) mass is 264 g/mol. The van der Waals surface area contributed by atoms with Crippen LogP contribution >= 0.6 is 0 Å². The van der Waals surface area contributed by atoms with Crippen LogP contribution in [0.25, 0.3) is 0 Å². The van der Waals surface area contributed by atoms with E-state index in [9.17, 15) is 0 Å². The number of rotatable bonds is 8. The molecule has 0 aromatic heterocycles. The van der Waals surface area contributed by atoms with Crippen molar-refractivity contribution in [3.8, 4) is 0 Å². The summed E-state index contributed by atoms with van der Waals surface area (Å²) in [7, 11) is 0. The Morgan fingerprint density at radius 3 is 2.16 bits per heavy atom. The third kappa shape index (κ3) is 3.72. The van der Waals surface area contributed by atoms with E-state index in [1.165, 1.54) is 77.3 Å². The van der Waals surface area contributed by atoms with Crippen molar-refractivity contribution in [3.05, 3.63) is 0 Å². The molecule has 0 unspecified atom stereocenters. The molecule has 0 bridgehead atoms. The lowest BCUT2D eigenvalue weighted by atomic mass is 9.72. The normalized spacial score (nSPS) is 26.8. The van der Waals surface area contributed by atoms with E-state index in [0.717, 1.165) is 24.3 Å². The summed E-state index contributed by atoms with van der Waals surface area (Å²) in [5, 5.41) is 3.78. The van der Waals surface area contributed by atoms with E-state index in [1.807, 2.05) is 0 Å². The maximum absolute atomic E-state index is 6.07. The Labute approximate surface area is 118 Å². The topological polar surface area (TPSA) is 38.0 Å². The van der Waals surface area contributed by atoms with Crippen LogP contribution in [-0.4, -0.2) is 19.6 Å². The Kier molecular flexibility index (Phi) is 4.48. The van der Waals surface area contributed by atoms with Crippen LogP contribution in [0.1, 0.15) is 64.2 Å². The maximum Gasteiger partial charge on any atom is -0.00152 e. The third-order valence-electron chi connectivity index (χ3n) is 6.01. The maximum atomic E-state index is 6.07. The van der Waals surface area contributed by atoms with Gasteiger partial charge < -0.3 is 11.1 Å². The van der Waals surface area contributed by atoms with Gasteiger partial charge in [0.1, 0.15) is 0 Å². The Morgan fingerprint density at radius 1 is 1.00 bits per heavy atom. The molecule has 0 radical (unpaired) electrons. The van der Waals surface area contributed by atoms with Gasteiger partial charge in [0.05, 0.1) is 0 Å². The molecule has 3 saturated carbocycles. The summed E-state index contributed by atoms with van der Waals surface area (Å²) in [4.78, 5) is 0. The Morgan fingerprint density at radius 2 is 1.63 bits per heavy atom. The fourth-order valence-electron chi connectivity index (χ4n) is 4.25. The zero-order chi connectivity index (χ0) is 13.1. The molecule has 0 spiro atoms. The largest absolute Gasteiger partial charge is 0.330 e. The number of nitrogens with one attached hydrogen (secondary N) is 1. The molecule has 3 N–H and O–H groups in total. The molecule has 0 atom stereocenters.